The van der Waals surface area contributed by atoms with Crippen molar-refractivity contribution in [2.45, 2.75) is 0 Å². The van der Waals surface area contributed by atoms with Crippen LogP contribution >= 0.6 is 0 Å². The molecule has 0 amide bonds. The van der Waals surface area contributed by atoms with E-state index in [0.29, 0.717) is 0 Å². The maximum absolute atomic E-state index is 0. The Hall–Kier alpha value is 0.0718. The van der Waals surface area contributed by atoms with Crippen LogP contribution in [0.15, 0.2) is 0 Å². The third-order valence-corrected chi connectivity index (χ3v) is 0. The van der Waals surface area contributed by atoms with E-state index in [1.807, 2.05) is 0 Å². The minimum Gasteiger partial charge on any atom is -0.269 e. The van der Waals surface area contributed by atoms with Gasteiger partial charge in [-0.15, -0.1) is 0 Å². The molecule has 0 atom stereocenters. The molecular weight excluding hydrogens is 95.9 g/mol. The lowest BCUT2D eigenvalue weighted by molar-refractivity contribution is 1.11. The summed E-state index contributed by atoms with van der Waals surface area (Å²) < 4.78 is 0. The van der Waals surface area contributed by atoms with Crippen LogP contribution in [0.25, 0.3) is 0 Å². The molecule has 0 saturated carbocycles. The first-order valence-electron chi connectivity index (χ1n) is 0. The van der Waals surface area contributed by atoms with E-state index in [2.05, 4.69) is 0 Å². The first kappa shape index (κ1) is 16300. The number of rotatable bonds is 0. The van der Waals surface area contributed by atoms with Crippen molar-refractivity contribution in [1.82, 2.24) is 0 Å². The fraction of sp³-hybridized carbons (Fsp3) is 0. The maximum Gasteiger partial charge on any atom is 0 e. The van der Waals surface area contributed by atoms with Crippen LogP contribution < -0.4 is 0 Å². The predicted molar refractivity (Wildman–Crippen MR) is 24.6 cm³/mol. The molecule has 0 N–H and O–H groups in total. The highest BCUT2D eigenvalue weighted by Gasteiger charge is 0.0000798. The van der Waals surface area contributed by atoms with Crippen molar-refractivity contribution in [2.24, 2.45) is 0 Å². The van der Waals surface area contributed by atoms with Crippen molar-refractivity contribution in [1.29, 1.82) is 0 Å². The van der Waals surface area contributed by atoms with Crippen molar-refractivity contribution in [3.05, 3.63) is 0 Å². The highest BCUT2D eigenvalue weighted by atomic mass is 28.1. The third-order valence-electron chi connectivity index (χ3n) is 0. The second-order valence-electron chi connectivity index (χ2n) is 0. The lowest BCUT2D eigenvalue weighted by Gasteiger charge is -0.270. The van der Waals surface area contributed by atoms with Gasteiger partial charge >= 0.3 is 0 Å². The molecule has 0 aliphatic rings. The Morgan fingerprint density at radius 2 is 0.600 bits per heavy atom. The van der Waals surface area contributed by atoms with E-state index in [0.717, 1.165) is 0 Å². The van der Waals surface area contributed by atoms with Crippen LogP contribution in [-0.4, -0.2) is 19.4 Å². The SMILES string of the molecule is F.F.F.[B].[SiH4]. The molecule has 3 radical (unpaired) electrons. The summed E-state index contributed by atoms with van der Waals surface area (Å²) in [6, 6.07) is 0. The summed E-state index contributed by atoms with van der Waals surface area (Å²) in [4.78, 5) is 0. The average molecular weight is 103 g/mol. The molecule has 0 nitrogen and oxygen atoms in total. The molecule has 0 saturated heterocycles. The van der Waals surface area contributed by atoms with Crippen LogP contribution in [0.1, 0.15) is 0 Å². The zero-order chi connectivity index (χ0) is 0. The predicted octanol–water partition coefficient (Wildman–Crippen LogP) is -1.37. The Balaban J connectivity index is 0. The van der Waals surface area contributed by atoms with Crippen molar-refractivity contribution in [2.75, 3.05) is 0 Å². The number of halogens is 3. The second-order valence-corrected chi connectivity index (χ2v) is 0. The van der Waals surface area contributed by atoms with E-state index in [1.54, 1.807) is 0 Å². The topological polar surface area (TPSA) is 0 Å². The first-order chi connectivity index (χ1) is 0. The monoisotopic (exact) mass is 103 g/mol. The summed E-state index contributed by atoms with van der Waals surface area (Å²) in [5, 5.41) is 0. The van der Waals surface area contributed by atoms with Gasteiger partial charge < -0.3 is 0 Å². The summed E-state index contributed by atoms with van der Waals surface area (Å²) in [6.45, 7) is 0. The van der Waals surface area contributed by atoms with Crippen LogP contribution in [0.5, 0.6) is 0 Å². The molecule has 0 aliphatic heterocycles. The van der Waals surface area contributed by atoms with Crippen molar-refractivity contribution in [3.63, 3.8) is 0 Å². The summed E-state index contributed by atoms with van der Waals surface area (Å²) in [5.41, 5.74) is 0. The highest BCUT2D eigenvalue weighted by molar-refractivity contribution is 5.76. The molecule has 5 heteroatoms. The summed E-state index contributed by atoms with van der Waals surface area (Å²) >= 11 is 0. The number of hydrogen-bond donors (Lipinski definition) is 0. The normalized spacial score (nSPS) is 0. The molecule has 0 unspecified atom stereocenters. The molecule has 5 heavy (non-hydrogen) atoms. The highest BCUT2D eigenvalue weighted by Crippen LogP contribution is 0.422. The van der Waals surface area contributed by atoms with Gasteiger partial charge in [-0.25, -0.2) is 0 Å². The van der Waals surface area contributed by atoms with Gasteiger partial charge in [0.05, 0.1) is 0 Å². The second kappa shape index (κ2) is 7450. The van der Waals surface area contributed by atoms with Gasteiger partial charge in [-0.2, -0.15) is 0 Å². The van der Waals surface area contributed by atoms with Crippen LogP contribution in [0.4, 0.5) is 14.1 Å². The van der Waals surface area contributed by atoms with Crippen LogP contribution in [-0.2, 0) is 0 Å². The van der Waals surface area contributed by atoms with Gasteiger partial charge in [0.2, 0.25) is 0 Å². The van der Waals surface area contributed by atoms with Gasteiger partial charge in [-0.05, 0) is 11.0 Å². The molecule has 0 fully saturated rings. The third kappa shape index (κ3) is 3390. The molecule has 0 aromatic rings. The van der Waals surface area contributed by atoms with Gasteiger partial charge in [0.1, 0.15) is 0 Å². The van der Waals surface area contributed by atoms with Crippen LogP contribution in [0.3, 0.4) is 0 Å². The van der Waals surface area contributed by atoms with Gasteiger partial charge in [-0.3, -0.25) is 14.1 Å². The van der Waals surface area contributed by atoms with E-state index >= 15 is 0 Å². The fourth-order valence-electron chi connectivity index (χ4n) is 0. The Labute approximate surface area is 34.7 Å². The quantitative estimate of drug-likeness (QED) is 0.331. The van der Waals surface area contributed by atoms with E-state index < -0.39 is 0 Å². The lowest BCUT2D eigenvalue weighted by atomic mass is 10.8. The Bertz CT molecular complexity index is 6.85. The summed E-state index contributed by atoms with van der Waals surface area (Å²) in [6.07, 6.45) is 0. The minimum absolute atomic E-state index is 0. The van der Waals surface area contributed by atoms with E-state index in [1.165, 1.54) is 0 Å². The lowest BCUT2D eigenvalue weighted by Crippen LogP contribution is -0.382. The van der Waals surface area contributed by atoms with Crippen molar-refractivity contribution >= 4 is 19.4 Å². The molecule has 35 valence electrons. The van der Waals surface area contributed by atoms with Crippen LogP contribution in [0, 0.1) is 0 Å². The average Bonchev–Trinajstić information content (AvgIpc) is 0. The van der Waals surface area contributed by atoms with E-state index in [4.69, 9.17) is 0 Å². The van der Waals surface area contributed by atoms with Gasteiger partial charge in [0, 0.05) is 8.41 Å². The Morgan fingerprint density at radius 3 is 0.600 bits per heavy atom. The molecular formula is H7BF3Si. The molecule has 0 aromatic carbocycles. The smallest absolute Gasteiger partial charge is 0 e. The number of hydrogen-bond acceptors (Lipinski definition) is 0. The molecule has 0 aromatic heterocycles. The van der Waals surface area contributed by atoms with Gasteiger partial charge in [0.15, 0.2) is 0 Å². The zero-order valence-corrected chi connectivity index (χ0v) is 1.80. The summed E-state index contributed by atoms with van der Waals surface area (Å²) in [7, 11) is 0. The summed E-state index contributed by atoms with van der Waals surface area (Å²) in [5.74, 6) is 0. The fourth-order valence-corrected chi connectivity index (χ4v) is 0. The standard InChI is InChI=1S/B.3FH.H4Si/h;3*1H;1H4. The van der Waals surface area contributed by atoms with Crippen molar-refractivity contribution in [3.8, 4) is 0 Å². The van der Waals surface area contributed by atoms with Crippen molar-refractivity contribution < 1.29 is 14.1 Å². The molecule has 0 bridgehead atoms. The zero-order valence-electron chi connectivity index (χ0n) is 1.80. The molecule has 0 spiro atoms. The Kier molecular flexibility index (Phi) is 24300000. The Morgan fingerprint density at radius 1 is 0.600 bits per heavy atom. The van der Waals surface area contributed by atoms with Gasteiger partial charge in [-0.1, -0.05) is 0 Å². The first-order valence-corrected chi connectivity index (χ1v) is 0. The largest absolute Gasteiger partial charge is 0.269 e. The molecule has 0 aliphatic carbocycles. The minimum atomic E-state index is 0. The van der Waals surface area contributed by atoms with E-state index in [9.17, 15) is 0 Å². The van der Waals surface area contributed by atoms with Crippen LogP contribution in [0.2, 0.25) is 0 Å². The molecule has 0 rings (SSSR count). The van der Waals surface area contributed by atoms with Gasteiger partial charge in [0.25, 0.3) is 0 Å². The maximum atomic E-state index is 0. The van der Waals surface area contributed by atoms with E-state index in [-0.39, 0.29) is 33.5 Å². The molecule has 0 heterocycles.